The Morgan fingerprint density at radius 2 is 1.23 bits per heavy atom. The van der Waals surface area contributed by atoms with Crippen LogP contribution in [0.2, 0.25) is 0 Å². The maximum Gasteiger partial charge on any atom is 0.330 e. The summed E-state index contributed by atoms with van der Waals surface area (Å²) in [6.07, 6.45) is 0. The van der Waals surface area contributed by atoms with Crippen molar-refractivity contribution in [2.45, 2.75) is 6.92 Å². The second kappa shape index (κ2) is 8.59. The molecule has 0 saturated carbocycles. The van der Waals surface area contributed by atoms with Gasteiger partial charge in [-0.05, 0) is 6.92 Å². The number of hydrogen-bond donors (Lipinski definition) is 1. The van der Waals surface area contributed by atoms with Crippen molar-refractivity contribution in [3.63, 3.8) is 0 Å². The summed E-state index contributed by atoms with van der Waals surface area (Å²) in [5, 5.41) is 7.89. The lowest BCUT2D eigenvalue weighted by molar-refractivity contribution is -0.132. The summed E-state index contributed by atoms with van der Waals surface area (Å²) < 4.78 is 0. The highest BCUT2D eigenvalue weighted by Crippen LogP contribution is 1.81. The molecule has 3 heteroatoms. The van der Waals surface area contributed by atoms with Crippen LogP contribution < -0.4 is 0 Å². The van der Waals surface area contributed by atoms with Gasteiger partial charge in [0, 0.05) is 5.57 Å². The predicted molar refractivity (Wildman–Crippen MR) is 58.8 cm³/mol. The van der Waals surface area contributed by atoms with E-state index in [1.807, 2.05) is 36.4 Å². The van der Waals surface area contributed by atoms with E-state index >= 15 is 0 Å². The van der Waals surface area contributed by atoms with Gasteiger partial charge in [-0.15, -0.1) is 0 Å². The maximum atomic E-state index is 9.60. The number of carbonyl (C=O) groups is 1. The molecule has 1 N–H and O–H groups in total. The summed E-state index contributed by atoms with van der Waals surface area (Å²) in [6, 6.07) is 12.0. The van der Waals surface area contributed by atoms with Gasteiger partial charge in [-0.2, -0.15) is 0 Å². The third kappa shape index (κ3) is 10.5. The van der Waals surface area contributed by atoms with Crippen molar-refractivity contribution >= 4 is 14.4 Å². The minimum atomic E-state index is -0.935. The zero-order valence-electron chi connectivity index (χ0n) is 7.03. The van der Waals surface area contributed by atoms with Crippen LogP contribution in [0.5, 0.6) is 0 Å². The van der Waals surface area contributed by atoms with Crippen LogP contribution >= 0.6 is 0 Å². The lowest BCUT2D eigenvalue weighted by atomic mass is 10.4. The molecule has 0 atom stereocenters. The normalized spacial score (nSPS) is 7.15. The minimum Gasteiger partial charge on any atom is -0.478 e. The van der Waals surface area contributed by atoms with Crippen LogP contribution in [0.15, 0.2) is 48.6 Å². The van der Waals surface area contributed by atoms with E-state index in [9.17, 15) is 4.79 Å². The fourth-order valence-corrected chi connectivity index (χ4v) is 0.385. The highest BCUT2D eigenvalue weighted by molar-refractivity contribution is 5.84. The number of hydrogen-bond acceptors (Lipinski definition) is 1. The number of benzene rings is 1. The SMILES string of the molecule is B.C=C(C)C(=O)O.c1ccccc1. The van der Waals surface area contributed by atoms with Crippen molar-refractivity contribution in [2.24, 2.45) is 0 Å². The van der Waals surface area contributed by atoms with Gasteiger partial charge in [-0.25, -0.2) is 4.79 Å². The Labute approximate surface area is 80.5 Å². The minimum absolute atomic E-state index is 0. The molecule has 0 unspecified atom stereocenters. The van der Waals surface area contributed by atoms with Gasteiger partial charge in [0.1, 0.15) is 0 Å². The molecule has 0 aliphatic carbocycles. The molecular weight excluding hydrogens is 163 g/mol. The second-order valence-electron chi connectivity index (χ2n) is 2.24. The van der Waals surface area contributed by atoms with E-state index < -0.39 is 5.97 Å². The van der Waals surface area contributed by atoms with Crippen LogP contribution in [0.1, 0.15) is 6.92 Å². The molecule has 0 amide bonds. The molecule has 0 radical (unpaired) electrons. The molecule has 1 rings (SSSR count). The van der Waals surface area contributed by atoms with Crippen molar-refractivity contribution in [3.8, 4) is 0 Å². The lowest BCUT2D eigenvalue weighted by Crippen LogP contribution is -1.92. The van der Waals surface area contributed by atoms with Crippen LogP contribution in [0.25, 0.3) is 0 Å². The monoisotopic (exact) mass is 178 g/mol. The zero-order chi connectivity index (χ0) is 9.40. The lowest BCUT2D eigenvalue weighted by Gasteiger charge is -1.79. The molecule has 1 aromatic rings. The van der Waals surface area contributed by atoms with E-state index in [0.717, 1.165) is 0 Å². The molecule has 0 aromatic heterocycles. The summed E-state index contributed by atoms with van der Waals surface area (Å²) >= 11 is 0. The molecule has 0 bridgehead atoms. The Balaban J connectivity index is 0. The van der Waals surface area contributed by atoms with E-state index in [2.05, 4.69) is 6.58 Å². The van der Waals surface area contributed by atoms with E-state index in [1.54, 1.807) is 0 Å². The van der Waals surface area contributed by atoms with Gasteiger partial charge in [-0.1, -0.05) is 43.0 Å². The van der Waals surface area contributed by atoms with Gasteiger partial charge in [0.15, 0.2) is 0 Å². The van der Waals surface area contributed by atoms with E-state index in [4.69, 9.17) is 5.11 Å². The third-order valence-electron chi connectivity index (χ3n) is 1.03. The molecule has 70 valence electrons. The Morgan fingerprint density at radius 1 is 1.08 bits per heavy atom. The summed E-state index contributed by atoms with van der Waals surface area (Å²) in [6.45, 7) is 4.60. The first-order chi connectivity index (χ1) is 5.64. The highest BCUT2D eigenvalue weighted by Gasteiger charge is 1.90. The second-order valence-corrected chi connectivity index (χ2v) is 2.24. The summed E-state index contributed by atoms with van der Waals surface area (Å²) in [7, 11) is 0. The molecular formula is C10H15BO2. The van der Waals surface area contributed by atoms with Gasteiger partial charge >= 0.3 is 5.97 Å². The molecule has 0 fully saturated rings. The molecule has 2 nitrogen and oxygen atoms in total. The number of aliphatic carboxylic acids is 1. The third-order valence-corrected chi connectivity index (χ3v) is 1.03. The van der Waals surface area contributed by atoms with Crippen molar-refractivity contribution in [3.05, 3.63) is 48.6 Å². The predicted octanol–water partition coefficient (Wildman–Crippen LogP) is 1.15. The zero-order valence-corrected chi connectivity index (χ0v) is 7.03. The van der Waals surface area contributed by atoms with E-state index in [0.29, 0.717) is 0 Å². The molecule has 0 aliphatic heterocycles. The smallest absolute Gasteiger partial charge is 0.330 e. The molecule has 0 spiro atoms. The first-order valence-corrected chi connectivity index (χ1v) is 3.53. The Morgan fingerprint density at radius 3 is 1.31 bits per heavy atom. The van der Waals surface area contributed by atoms with E-state index in [1.165, 1.54) is 6.92 Å². The highest BCUT2D eigenvalue weighted by atomic mass is 16.4. The molecule has 0 aliphatic rings. The summed E-state index contributed by atoms with van der Waals surface area (Å²) in [5.41, 5.74) is 0.176. The fourth-order valence-electron chi connectivity index (χ4n) is 0.385. The quantitative estimate of drug-likeness (QED) is 0.517. The number of rotatable bonds is 1. The van der Waals surface area contributed by atoms with Crippen molar-refractivity contribution in [1.29, 1.82) is 0 Å². The summed E-state index contributed by atoms with van der Waals surface area (Å²) in [5.74, 6) is -0.935. The average Bonchev–Trinajstić information content (AvgIpc) is 2.08. The molecule has 13 heavy (non-hydrogen) atoms. The van der Waals surface area contributed by atoms with Crippen LogP contribution in [0.4, 0.5) is 0 Å². The van der Waals surface area contributed by atoms with Gasteiger partial charge < -0.3 is 5.11 Å². The van der Waals surface area contributed by atoms with Gasteiger partial charge in [-0.3, -0.25) is 0 Å². The number of carboxylic acid groups (broad SMARTS) is 1. The maximum absolute atomic E-state index is 9.60. The van der Waals surface area contributed by atoms with Crippen molar-refractivity contribution < 1.29 is 9.90 Å². The van der Waals surface area contributed by atoms with Gasteiger partial charge in [0.2, 0.25) is 0 Å². The summed E-state index contributed by atoms with van der Waals surface area (Å²) in [4.78, 5) is 9.60. The first-order valence-electron chi connectivity index (χ1n) is 3.53. The van der Waals surface area contributed by atoms with Gasteiger partial charge in [0.05, 0.1) is 8.41 Å². The Bertz CT molecular complexity index is 206. The van der Waals surface area contributed by atoms with E-state index in [-0.39, 0.29) is 14.0 Å². The Hall–Kier alpha value is -1.51. The topological polar surface area (TPSA) is 37.3 Å². The molecule has 0 saturated heterocycles. The fraction of sp³-hybridized carbons (Fsp3) is 0.100. The molecule has 0 heterocycles. The Kier molecular flexibility index (Phi) is 9.28. The van der Waals surface area contributed by atoms with Gasteiger partial charge in [0.25, 0.3) is 0 Å². The van der Waals surface area contributed by atoms with Crippen LogP contribution in [-0.4, -0.2) is 19.5 Å². The van der Waals surface area contributed by atoms with Crippen LogP contribution in [0, 0.1) is 0 Å². The van der Waals surface area contributed by atoms with Crippen LogP contribution in [-0.2, 0) is 4.79 Å². The molecule has 1 aromatic carbocycles. The van der Waals surface area contributed by atoms with Crippen molar-refractivity contribution in [1.82, 2.24) is 0 Å². The standard InChI is InChI=1S/C6H6.C4H6O2.BH3/c1-2-4-6-5-3-1;1-3(2)4(5)6;/h1-6H;1H2,2H3,(H,5,6);1H3. The largest absolute Gasteiger partial charge is 0.478 e. The number of carboxylic acids is 1. The van der Waals surface area contributed by atoms with Crippen LogP contribution in [0.3, 0.4) is 0 Å². The average molecular weight is 178 g/mol. The van der Waals surface area contributed by atoms with Crippen molar-refractivity contribution in [2.75, 3.05) is 0 Å². The first kappa shape index (κ1) is 14.0.